The Hall–Kier alpha value is -3.32. The minimum Gasteiger partial charge on any atom is -0.494 e. The van der Waals surface area contributed by atoms with Crippen LogP contribution in [-0.2, 0) is 10.5 Å². The third kappa shape index (κ3) is 5.10. The average molecular weight is 550 g/mol. The number of anilines is 1. The van der Waals surface area contributed by atoms with Crippen molar-refractivity contribution in [1.29, 1.82) is 5.26 Å². The van der Waals surface area contributed by atoms with Crippen molar-refractivity contribution in [2.45, 2.75) is 42.2 Å². The number of hydrogen-bond acceptors (Lipinski definition) is 9. The minimum atomic E-state index is -0.522. The summed E-state index contributed by atoms with van der Waals surface area (Å²) in [4.78, 5) is 15.1. The van der Waals surface area contributed by atoms with Crippen LogP contribution in [0.4, 0.5) is 5.13 Å². The van der Waals surface area contributed by atoms with E-state index in [1.165, 1.54) is 11.3 Å². The van der Waals surface area contributed by atoms with Crippen molar-refractivity contribution in [1.82, 2.24) is 10.2 Å². The van der Waals surface area contributed by atoms with Gasteiger partial charge in [-0.15, -0.1) is 10.2 Å². The summed E-state index contributed by atoms with van der Waals surface area (Å²) in [5.41, 5.74) is 10.4. The maximum atomic E-state index is 13.3. The normalized spacial score (nSPS) is 17.6. The predicted octanol–water partition coefficient (Wildman–Crippen LogP) is 6.19. The number of Topliss-reactive ketones (excluding diaryl/α,β-unsaturated/α-hetero) is 1. The Bertz CT molecular complexity index is 1420. The van der Waals surface area contributed by atoms with Crippen molar-refractivity contribution < 1.29 is 9.53 Å². The summed E-state index contributed by atoms with van der Waals surface area (Å²) < 4.78 is 6.34. The maximum absolute atomic E-state index is 13.3. The number of aromatic nitrogens is 2. The Morgan fingerprint density at radius 1 is 1.19 bits per heavy atom. The monoisotopic (exact) mass is 549 g/mol. The van der Waals surface area contributed by atoms with Gasteiger partial charge >= 0.3 is 0 Å². The molecule has 0 spiro atoms. The molecule has 1 unspecified atom stereocenters. The number of nitriles is 1. The van der Waals surface area contributed by atoms with Crippen LogP contribution in [0.3, 0.4) is 0 Å². The van der Waals surface area contributed by atoms with Crippen LogP contribution in [0.2, 0.25) is 5.02 Å². The summed E-state index contributed by atoms with van der Waals surface area (Å²) in [6.45, 7) is 2.48. The Morgan fingerprint density at radius 2 is 1.95 bits per heavy atom. The van der Waals surface area contributed by atoms with Gasteiger partial charge in [0, 0.05) is 28.5 Å². The van der Waals surface area contributed by atoms with E-state index in [2.05, 4.69) is 16.3 Å². The number of carbonyl (C=O) groups is 1. The molecule has 5 rings (SSSR count). The first kappa shape index (κ1) is 25.3. The van der Waals surface area contributed by atoms with Crippen LogP contribution in [0.1, 0.15) is 43.2 Å². The van der Waals surface area contributed by atoms with Crippen molar-refractivity contribution in [3.8, 4) is 11.8 Å². The quantitative estimate of drug-likeness (QED) is 0.348. The number of thioether (sulfide) groups is 1. The lowest BCUT2D eigenvalue weighted by atomic mass is 9.76. The van der Waals surface area contributed by atoms with Crippen LogP contribution in [0.25, 0.3) is 0 Å². The molecule has 1 aromatic heterocycles. The van der Waals surface area contributed by atoms with Crippen molar-refractivity contribution in [2.75, 3.05) is 11.5 Å². The molecule has 0 saturated carbocycles. The lowest BCUT2D eigenvalue weighted by Gasteiger charge is -2.38. The second kappa shape index (κ2) is 11.0. The van der Waals surface area contributed by atoms with Gasteiger partial charge in [0.25, 0.3) is 0 Å². The molecule has 0 radical (unpaired) electrons. The average Bonchev–Trinajstić information content (AvgIpc) is 3.37. The van der Waals surface area contributed by atoms with Crippen molar-refractivity contribution in [3.63, 3.8) is 0 Å². The molecule has 0 saturated heterocycles. The fourth-order valence-electron chi connectivity index (χ4n) is 4.64. The van der Waals surface area contributed by atoms with E-state index in [9.17, 15) is 10.1 Å². The largest absolute Gasteiger partial charge is 0.494 e. The predicted molar refractivity (Wildman–Crippen MR) is 146 cm³/mol. The molecule has 1 atom stereocenters. The Labute approximate surface area is 228 Å². The van der Waals surface area contributed by atoms with E-state index in [4.69, 9.17) is 22.1 Å². The lowest BCUT2D eigenvalue weighted by molar-refractivity contribution is -0.116. The fraction of sp³-hybridized carbons (Fsp3) is 0.259. The number of nitrogens with zero attached hydrogens (tertiary/aromatic N) is 4. The number of allylic oxidation sites excluding steroid dienone is 3. The van der Waals surface area contributed by atoms with Crippen LogP contribution >= 0.6 is 34.7 Å². The van der Waals surface area contributed by atoms with Crippen LogP contribution < -0.4 is 15.4 Å². The van der Waals surface area contributed by atoms with Gasteiger partial charge < -0.3 is 10.5 Å². The third-order valence-electron chi connectivity index (χ3n) is 6.30. The molecular formula is C27H24ClN5O2S2. The molecule has 37 heavy (non-hydrogen) atoms. The molecule has 2 N–H and O–H groups in total. The van der Waals surface area contributed by atoms with Gasteiger partial charge in [-0.05, 0) is 55.2 Å². The molecule has 3 aromatic rings. The van der Waals surface area contributed by atoms with Gasteiger partial charge in [-0.3, -0.25) is 9.69 Å². The zero-order chi connectivity index (χ0) is 25.9. The highest BCUT2D eigenvalue weighted by Gasteiger charge is 2.41. The lowest BCUT2D eigenvalue weighted by Crippen LogP contribution is -2.38. The van der Waals surface area contributed by atoms with E-state index in [0.717, 1.165) is 33.3 Å². The van der Waals surface area contributed by atoms with Crippen molar-refractivity contribution in [2.24, 2.45) is 5.73 Å². The Kier molecular flexibility index (Phi) is 7.51. The van der Waals surface area contributed by atoms with E-state index < -0.39 is 5.92 Å². The molecule has 1 aliphatic carbocycles. The highest BCUT2D eigenvalue weighted by molar-refractivity contribution is 8.00. The zero-order valence-electron chi connectivity index (χ0n) is 20.1. The van der Waals surface area contributed by atoms with E-state index >= 15 is 0 Å². The summed E-state index contributed by atoms with van der Waals surface area (Å²) >= 11 is 8.94. The number of carbonyl (C=O) groups excluding carboxylic acids is 1. The van der Waals surface area contributed by atoms with Gasteiger partial charge in [-0.1, -0.05) is 59.0 Å². The van der Waals surface area contributed by atoms with Gasteiger partial charge in [0.05, 0.1) is 24.2 Å². The molecule has 2 aromatic carbocycles. The number of rotatable bonds is 7. The molecule has 1 aliphatic heterocycles. The van der Waals surface area contributed by atoms with Gasteiger partial charge in [-0.2, -0.15) is 5.26 Å². The summed E-state index contributed by atoms with van der Waals surface area (Å²) in [5, 5.41) is 20.2. The van der Waals surface area contributed by atoms with E-state index in [1.807, 2.05) is 55.5 Å². The molecule has 7 nitrogen and oxygen atoms in total. The van der Waals surface area contributed by atoms with Gasteiger partial charge in [0.2, 0.25) is 5.13 Å². The highest BCUT2D eigenvalue weighted by Crippen LogP contribution is 2.47. The topological polar surface area (TPSA) is 105 Å². The molecule has 188 valence electrons. The maximum Gasteiger partial charge on any atom is 0.219 e. The smallest absolute Gasteiger partial charge is 0.219 e. The SMILES string of the molecule is CCOc1ccc(C2C(C#N)=C(N)N(c3nnc(SCc4ccc(Cl)cc4)s3)C3=C2C(=O)CCC3)cc1. The number of benzene rings is 2. The Morgan fingerprint density at radius 3 is 2.65 bits per heavy atom. The summed E-state index contributed by atoms with van der Waals surface area (Å²) in [6.07, 6.45) is 1.83. The molecule has 2 heterocycles. The first-order chi connectivity index (χ1) is 18.0. The minimum absolute atomic E-state index is 0.0345. The number of ketones is 1. The van der Waals surface area contributed by atoms with Crippen molar-refractivity contribution in [3.05, 3.63) is 87.3 Å². The molecule has 0 amide bonds. The summed E-state index contributed by atoms with van der Waals surface area (Å²) in [7, 11) is 0. The highest BCUT2D eigenvalue weighted by atomic mass is 35.5. The molecule has 0 bridgehead atoms. The van der Waals surface area contributed by atoms with Crippen LogP contribution in [0.15, 0.2) is 75.5 Å². The Balaban J connectivity index is 1.49. The number of halogens is 1. The summed E-state index contributed by atoms with van der Waals surface area (Å²) in [6, 6.07) is 17.5. The molecule has 10 heteroatoms. The van der Waals surface area contributed by atoms with Crippen LogP contribution in [-0.4, -0.2) is 22.6 Å². The zero-order valence-corrected chi connectivity index (χ0v) is 22.5. The van der Waals surface area contributed by atoms with Gasteiger partial charge in [-0.25, -0.2) is 0 Å². The molecule has 2 aliphatic rings. The molecule has 0 fully saturated rings. The van der Waals surface area contributed by atoms with Crippen LogP contribution in [0.5, 0.6) is 5.75 Å². The first-order valence-electron chi connectivity index (χ1n) is 11.9. The third-order valence-corrected chi connectivity index (χ3v) is 8.67. The number of nitrogens with two attached hydrogens (primary N) is 1. The number of hydrogen-bond donors (Lipinski definition) is 1. The first-order valence-corrected chi connectivity index (χ1v) is 14.1. The molecular weight excluding hydrogens is 526 g/mol. The fourth-order valence-corrected chi connectivity index (χ4v) is 6.60. The van der Waals surface area contributed by atoms with Crippen LogP contribution in [0, 0.1) is 11.3 Å². The standard InChI is InChI=1S/C27H24ClN5O2S2/c1-2-35-19-12-8-17(9-13-19)23-20(14-29)25(30)33(21-4-3-5-22(34)24(21)23)26-31-32-27(37-26)36-15-16-6-10-18(28)11-7-16/h6-13,23H,2-5,15,30H2,1H3. The second-order valence-electron chi connectivity index (χ2n) is 8.58. The second-order valence-corrected chi connectivity index (χ2v) is 11.2. The van der Waals surface area contributed by atoms with E-state index in [1.54, 1.807) is 16.7 Å². The van der Waals surface area contributed by atoms with E-state index in [0.29, 0.717) is 52.3 Å². The van der Waals surface area contributed by atoms with Gasteiger partial charge in [0.15, 0.2) is 10.1 Å². The van der Waals surface area contributed by atoms with Gasteiger partial charge in [0.1, 0.15) is 11.6 Å². The van der Waals surface area contributed by atoms with E-state index in [-0.39, 0.29) is 5.78 Å². The summed E-state index contributed by atoms with van der Waals surface area (Å²) in [5.74, 6) is 1.26. The van der Waals surface area contributed by atoms with Crippen molar-refractivity contribution >= 4 is 45.6 Å². The number of ether oxygens (including phenoxy) is 1.